The van der Waals surface area contributed by atoms with Crippen molar-refractivity contribution in [2.24, 2.45) is 0 Å². The first kappa shape index (κ1) is 19.4. The molecule has 1 aliphatic heterocycles. The predicted octanol–water partition coefficient (Wildman–Crippen LogP) is 4.24. The third-order valence-corrected chi connectivity index (χ3v) is 5.41. The fourth-order valence-corrected chi connectivity index (χ4v) is 4.05. The summed E-state index contributed by atoms with van der Waals surface area (Å²) in [7, 11) is 0. The molecular formula is C21H19F3N6O. The summed E-state index contributed by atoms with van der Waals surface area (Å²) in [5.74, 6) is 0.528. The van der Waals surface area contributed by atoms with Crippen molar-refractivity contribution in [1.29, 1.82) is 0 Å². The number of rotatable bonds is 6. The Hall–Kier alpha value is -3.56. The quantitative estimate of drug-likeness (QED) is 0.497. The molecule has 160 valence electrons. The number of benzene rings is 1. The predicted molar refractivity (Wildman–Crippen MR) is 108 cm³/mol. The van der Waals surface area contributed by atoms with Crippen molar-refractivity contribution in [2.75, 3.05) is 18.1 Å². The van der Waals surface area contributed by atoms with Gasteiger partial charge < -0.3 is 9.64 Å². The standard InChI is InChI=1S/C21H19F3N6O/c22-14-3-4-18(31-12-19(23)24)15(8-14)17-2-1-6-29(17)20-5-7-30-21(28-20)16(11-27-30)13-9-25-26-10-13/h3-5,7-11,17,19H,1-2,6,12H2,(H,25,26)/t17-/m1/s1. The minimum absolute atomic E-state index is 0.237. The number of anilines is 1. The van der Waals surface area contributed by atoms with Crippen LogP contribution in [-0.4, -0.2) is 44.4 Å². The number of aromatic amines is 1. The van der Waals surface area contributed by atoms with Crippen molar-refractivity contribution in [1.82, 2.24) is 24.8 Å². The molecule has 0 aliphatic carbocycles. The average Bonchev–Trinajstić information content (AvgIpc) is 3.52. The molecule has 3 aromatic heterocycles. The van der Waals surface area contributed by atoms with Crippen molar-refractivity contribution >= 4 is 11.5 Å². The number of nitrogens with zero attached hydrogens (tertiary/aromatic N) is 5. The minimum Gasteiger partial charge on any atom is -0.487 e. The first-order chi connectivity index (χ1) is 15.1. The molecule has 4 aromatic rings. The zero-order valence-electron chi connectivity index (χ0n) is 16.4. The van der Waals surface area contributed by atoms with E-state index in [1.807, 2.05) is 12.3 Å². The molecule has 10 heteroatoms. The summed E-state index contributed by atoms with van der Waals surface area (Å²) >= 11 is 0. The van der Waals surface area contributed by atoms with Gasteiger partial charge in [-0.15, -0.1) is 0 Å². The third kappa shape index (κ3) is 3.69. The summed E-state index contributed by atoms with van der Waals surface area (Å²) in [6.07, 6.45) is 5.99. The molecule has 1 aromatic carbocycles. The Balaban J connectivity index is 1.52. The molecule has 31 heavy (non-hydrogen) atoms. The molecule has 1 aliphatic rings. The Kier molecular flexibility index (Phi) is 4.97. The Morgan fingerprint density at radius 1 is 1.23 bits per heavy atom. The first-order valence-electron chi connectivity index (χ1n) is 9.91. The second kappa shape index (κ2) is 7.93. The maximum absolute atomic E-state index is 14.0. The SMILES string of the molecule is Fc1ccc(OCC(F)F)c([C@H]2CCCN2c2ccn3ncc(-c4cn[nH]c4)c3n2)c1. The fraction of sp³-hybridized carbons (Fsp3) is 0.286. The normalized spacial score (nSPS) is 16.5. The van der Waals surface area contributed by atoms with Gasteiger partial charge >= 0.3 is 0 Å². The number of fused-ring (bicyclic) bond motifs is 1. The summed E-state index contributed by atoms with van der Waals surface area (Å²) in [6, 6.07) is 5.60. The lowest BCUT2D eigenvalue weighted by molar-refractivity contribution is 0.0812. The average molecular weight is 428 g/mol. The number of aromatic nitrogens is 5. The lowest BCUT2D eigenvalue weighted by atomic mass is 10.0. The molecule has 0 spiro atoms. The highest BCUT2D eigenvalue weighted by molar-refractivity contribution is 5.77. The molecule has 0 amide bonds. The largest absolute Gasteiger partial charge is 0.487 e. The van der Waals surface area contributed by atoms with Gasteiger partial charge in [0.15, 0.2) is 5.65 Å². The summed E-state index contributed by atoms with van der Waals surface area (Å²) < 4.78 is 46.4. The number of H-pyrrole nitrogens is 1. The minimum atomic E-state index is -2.61. The number of hydrogen-bond acceptors (Lipinski definition) is 5. The van der Waals surface area contributed by atoms with Crippen molar-refractivity contribution in [3.05, 3.63) is 60.4 Å². The van der Waals surface area contributed by atoms with E-state index >= 15 is 0 Å². The van der Waals surface area contributed by atoms with Crippen LogP contribution in [0.15, 0.2) is 49.1 Å². The number of nitrogens with one attached hydrogen (secondary N) is 1. The van der Waals surface area contributed by atoms with Gasteiger partial charge in [-0.25, -0.2) is 22.7 Å². The lowest BCUT2D eigenvalue weighted by Gasteiger charge is -2.27. The van der Waals surface area contributed by atoms with E-state index in [0.29, 0.717) is 23.6 Å². The highest BCUT2D eigenvalue weighted by atomic mass is 19.3. The van der Waals surface area contributed by atoms with Gasteiger partial charge in [0.1, 0.15) is 24.0 Å². The molecule has 0 bridgehead atoms. The number of halogens is 3. The first-order valence-corrected chi connectivity index (χ1v) is 9.91. The van der Waals surface area contributed by atoms with Gasteiger partial charge in [0.2, 0.25) is 0 Å². The van der Waals surface area contributed by atoms with Gasteiger partial charge in [0.05, 0.1) is 18.4 Å². The lowest BCUT2D eigenvalue weighted by Crippen LogP contribution is -2.24. The monoisotopic (exact) mass is 428 g/mol. The van der Waals surface area contributed by atoms with E-state index in [0.717, 1.165) is 24.0 Å². The highest BCUT2D eigenvalue weighted by Crippen LogP contribution is 2.40. The Morgan fingerprint density at radius 2 is 2.13 bits per heavy atom. The molecule has 4 heterocycles. The van der Waals surface area contributed by atoms with Crippen molar-refractivity contribution < 1.29 is 17.9 Å². The van der Waals surface area contributed by atoms with Gasteiger partial charge in [-0.3, -0.25) is 5.10 Å². The van der Waals surface area contributed by atoms with E-state index in [9.17, 15) is 13.2 Å². The van der Waals surface area contributed by atoms with E-state index in [1.165, 1.54) is 18.2 Å². The van der Waals surface area contributed by atoms with E-state index in [4.69, 9.17) is 9.72 Å². The van der Waals surface area contributed by atoms with Crippen LogP contribution >= 0.6 is 0 Å². The van der Waals surface area contributed by atoms with Gasteiger partial charge in [0.25, 0.3) is 6.43 Å². The maximum Gasteiger partial charge on any atom is 0.272 e. The van der Waals surface area contributed by atoms with Crippen LogP contribution in [0.25, 0.3) is 16.8 Å². The van der Waals surface area contributed by atoms with Gasteiger partial charge in [-0.2, -0.15) is 10.2 Å². The number of hydrogen-bond donors (Lipinski definition) is 1. The molecule has 5 rings (SSSR count). The van der Waals surface area contributed by atoms with Crippen LogP contribution in [0, 0.1) is 5.82 Å². The van der Waals surface area contributed by atoms with E-state index in [-0.39, 0.29) is 11.8 Å². The van der Waals surface area contributed by atoms with Crippen LogP contribution in [-0.2, 0) is 0 Å². The van der Waals surface area contributed by atoms with Crippen LogP contribution < -0.4 is 9.64 Å². The summed E-state index contributed by atoms with van der Waals surface area (Å²) in [5, 5.41) is 11.1. The Labute approximate surface area is 175 Å². The Bertz CT molecular complexity index is 1190. The number of alkyl halides is 2. The number of ether oxygens (including phenoxy) is 1. The second-order valence-corrected chi connectivity index (χ2v) is 7.33. The molecule has 0 unspecified atom stereocenters. The second-order valence-electron chi connectivity index (χ2n) is 7.33. The zero-order valence-corrected chi connectivity index (χ0v) is 16.4. The summed E-state index contributed by atoms with van der Waals surface area (Å²) in [4.78, 5) is 6.86. The molecule has 0 radical (unpaired) electrons. The van der Waals surface area contributed by atoms with E-state index in [2.05, 4.69) is 20.2 Å². The molecule has 7 nitrogen and oxygen atoms in total. The molecule has 0 saturated carbocycles. The Morgan fingerprint density at radius 3 is 2.94 bits per heavy atom. The van der Waals surface area contributed by atoms with Crippen molar-refractivity contribution in [3.8, 4) is 16.9 Å². The molecule has 1 saturated heterocycles. The van der Waals surface area contributed by atoms with E-state index in [1.54, 1.807) is 23.1 Å². The third-order valence-electron chi connectivity index (χ3n) is 5.41. The maximum atomic E-state index is 14.0. The van der Waals surface area contributed by atoms with Crippen LogP contribution in [0.1, 0.15) is 24.4 Å². The molecule has 1 N–H and O–H groups in total. The van der Waals surface area contributed by atoms with Crippen LogP contribution in [0.4, 0.5) is 19.0 Å². The molecule has 1 fully saturated rings. The van der Waals surface area contributed by atoms with Crippen LogP contribution in [0.3, 0.4) is 0 Å². The topological polar surface area (TPSA) is 71.3 Å². The van der Waals surface area contributed by atoms with Gasteiger partial charge in [0, 0.05) is 35.6 Å². The van der Waals surface area contributed by atoms with Gasteiger partial charge in [-0.05, 0) is 37.1 Å². The molecular weight excluding hydrogens is 409 g/mol. The summed E-state index contributed by atoms with van der Waals surface area (Å²) in [5.41, 5.74) is 2.91. The van der Waals surface area contributed by atoms with E-state index < -0.39 is 18.8 Å². The molecule has 1 atom stereocenters. The fourth-order valence-electron chi connectivity index (χ4n) is 4.05. The summed E-state index contributed by atoms with van der Waals surface area (Å²) in [6.45, 7) is -0.0345. The van der Waals surface area contributed by atoms with Crippen LogP contribution in [0.5, 0.6) is 5.75 Å². The van der Waals surface area contributed by atoms with Crippen molar-refractivity contribution in [2.45, 2.75) is 25.3 Å². The van der Waals surface area contributed by atoms with Crippen molar-refractivity contribution in [3.63, 3.8) is 0 Å². The zero-order chi connectivity index (χ0) is 21.4. The smallest absolute Gasteiger partial charge is 0.272 e. The van der Waals surface area contributed by atoms with Crippen LogP contribution in [0.2, 0.25) is 0 Å². The highest BCUT2D eigenvalue weighted by Gasteiger charge is 2.30. The van der Waals surface area contributed by atoms with Gasteiger partial charge in [-0.1, -0.05) is 0 Å².